The first-order chi connectivity index (χ1) is 24.8. The van der Waals surface area contributed by atoms with Crippen molar-refractivity contribution >= 4 is 57.7 Å². The summed E-state index contributed by atoms with van der Waals surface area (Å²) in [5, 5.41) is 10.2. The summed E-state index contributed by atoms with van der Waals surface area (Å²) in [6.45, 7) is 0. The number of ether oxygens (including phenoxy) is 1. The van der Waals surface area contributed by atoms with E-state index >= 15 is 0 Å². The minimum Gasteiger partial charge on any atom is -0.497 e. The minimum atomic E-state index is -0.603. The zero-order valence-electron chi connectivity index (χ0n) is 27.2. The Bertz CT molecular complexity index is 2160. The molecule has 11 heteroatoms. The van der Waals surface area contributed by atoms with Crippen LogP contribution in [0.25, 0.3) is 17.3 Å². The van der Waals surface area contributed by atoms with Crippen molar-refractivity contribution < 1.29 is 23.5 Å². The number of halogens is 1. The van der Waals surface area contributed by atoms with Crippen LogP contribution >= 0.6 is 23.1 Å². The number of aromatic nitrogens is 1. The van der Waals surface area contributed by atoms with E-state index in [-0.39, 0.29) is 11.6 Å². The molecule has 0 aliphatic carbocycles. The van der Waals surface area contributed by atoms with Gasteiger partial charge in [-0.25, -0.2) is 9.37 Å². The first-order valence-electron chi connectivity index (χ1n) is 15.7. The highest BCUT2D eigenvalue weighted by Gasteiger charge is 2.24. The fraction of sp³-hybridized carbons (Fsp3) is 0.0500. The normalized spacial score (nSPS) is 11.7. The fourth-order valence-electron chi connectivity index (χ4n) is 4.94. The van der Waals surface area contributed by atoms with E-state index in [1.807, 2.05) is 60.0 Å². The number of nitrogens with one attached hydrogen (secondary N) is 3. The summed E-state index contributed by atoms with van der Waals surface area (Å²) in [4.78, 5) is 45.5. The number of amides is 3. The molecule has 0 aliphatic heterocycles. The van der Waals surface area contributed by atoms with E-state index in [0.717, 1.165) is 21.7 Å². The smallest absolute Gasteiger partial charge is 0.272 e. The van der Waals surface area contributed by atoms with E-state index in [0.29, 0.717) is 27.7 Å². The van der Waals surface area contributed by atoms with Crippen LogP contribution in [-0.4, -0.2) is 29.8 Å². The Balaban J connectivity index is 1.16. The van der Waals surface area contributed by atoms with E-state index in [1.54, 1.807) is 61.7 Å². The van der Waals surface area contributed by atoms with Crippen molar-refractivity contribution in [3.05, 3.63) is 167 Å². The lowest BCUT2D eigenvalue weighted by Gasteiger charge is -2.17. The Kier molecular flexibility index (Phi) is 11.3. The predicted octanol–water partition coefficient (Wildman–Crippen LogP) is 8.84. The number of methoxy groups -OCH3 is 1. The van der Waals surface area contributed by atoms with Gasteiger partial charge in [0.2, 0.25) is 5.91 Å². The maximum absolute atomic E-state index is 13.7. The standard InChI is InChI=1S/C40H31FN4O4S2/c1-49-32-14-8-13-29(24-32)35-25-50-40(44-35)45-39(48)36(27-9-4-2-5-10-27)51-33-21-19-31(20-22-33)42-38(47)34(23-26-15-17-30(41)18-16-26)43-37(46)28-11-6-3-7-12-28/h2-25,36H,1H3,(H,42,47)(H,43,46)(H,44,45,48)/b34-23-. The molecule has 0 fully saturated rings. The molecule has 1 heterocycles. The SMILES string of the molecule is COc1cccc(-c2csc(NC(=O)C(Sc3ccc(NC(=O)/C(=C/c4ccc(F)cc4)NC(=O)c4ccccc4)cc3)c3ccccc3)n2)c1. The van der Waals surface area contributed by atoms with Gasteiger partial charge in [-0.1, -0.05) is 72.8 Å². The zero-order valence-corrected chi connectivity index (χ0v) is 28.8. The molecule has 0 saturated carbocycles. The molecule has 3 N–H and O–H groups in total. The first kappa shape index (κ1) is 34.8. The Labute approximate surface area is 302 Å². The lowest BCUT2D eigenvalue weighted by atomic mass is 10.1. The Morgan fingerprint density at radius 1 is 0.824 bits per heavy atom. The topological polar surface area (TPSA) is 109 Å². The summed E-state index contributed by atoms with van der Waals surface area (Å²) in [7, 11) is 1.61. The molecule has 51 heavy (non-hydrogen) atoms. The number of hydrogen-bond donors (Lipinski definition) is 3. The van der Waals surface area contributed by atoms with Gasteiger partial charge in [-0.05, 0) is 77.9 Å². The van der Waals surface area contributed by atoms with Gasteiger partial charge in [0.15, 0.2) is 5.13 Å². The summed E-state index contributed by atoms with van der Waals surface area (Å²) >= 11 is 2.69. The molecule has 254 valence electrons. The van der Waals surface area contributed by atoms with Gasteiger partial charge in [-0.15, -0.1) is 23.1 Å². The van der Waals surface area contributed by atoms with E-state index in [1.165, 1.54) is 53.4 Å². The molecule has 8 nitrogen and oxygen atoms in total. The fourth-order valence-corrected chi connectivity index (χ4v) is 6.68. The second kappa shape index (κ2) is 16.6. The van der Waals surface area contributed by atoms with E-state index < -0.39 is 22.9 Å². The third-order valence-electron chi connectivity index (χ3n) is 7.52. The lowest BCUT2D eigenvalue weighted by Crippen LogP contribution is -2.30. The predicted molar refractivity (Wildman–Crippen MR) is 201 cm³/mol. The highest BCUT2D eigenvalue weighted by molar-refractivity contribution is 8.00. The Morgan fingerprint density at radius 2 is 1.53 bits per heavy atom. The van der Waals surface area contributed by atoms with Crippen LogP contribution in [0.3, 0.4) is 0 Å². The number of benzene rings is 5. The van der Waals surface area contributed by atoms with Crippen molar-refractivity contribution in [1.29, 1.82) is 0 Å². The van der Waals surface area contributed by atoms with Crippen molar-refractivity contribution in [2.45, 2.75) is 10.1 Å². The van der Waals surface area contributed by atoms with Crippen LogP contribution in [0.1, 0.15) is 26.7 Å². The minimum absolute atomic E-state index is 0.0218. The summed E-state index contributed by atoms with van der Waals surface area (Å²) in [5.74, 6) is -0.973. The molecule has 0 radical (unpaired) electrons. The maximum Gasteiger partial charge on any atom is 0.272 e. The van der Waals surface area contributed by atoms with Gasteiger partial charge in [-0.2, -0.15) is 0 Å². The van der Waals surface area contributed by atoms with Crippen molar-refractivity contribution in [3.63, 3.8) is 0 Å². The van der Waals surface area contributed by atoms with Crippen LogP contribution in [-0.2, 0) is 9.59 Å². The van der Waals surface area contributed by atoms with E-state index in [4.69, 9.17) is 4.74 Å². The lowest BCUT2D eigenvalue weighted by molar-refractivity contribution is -0.116. The van der Waals surface area contributed by atoms with Gasteiger partial charge >= 0.3 is 0 Å². The monoisotopic (exact) mass is 714 g/mol. The van der Waals surface area contributed by atoms with E-state index in [9.17, 15) is 18.8 Å². The van der Waals surface area contributed by atoms with Crippen LogP contribution in [0, 0.1) is 5.82 Å². The van der Waals surface area contributed by atoms with Crippen molar-refractivity contribution in [2.24, 2.45) is 0 Å². The molecule has 1 atom stereocenters. The summed E-state index contributed by atoms with van der Waals surface area (Å²) < 4.78 is 18.9. The summed E-state index contributed by atoms with van der Waals surface area (Å²) in [6.07, 6.45) is 1.48. The quantitative estimate of drug-likeness (QED) is 0.0864. The second-order valence-electron chi connectivity index (χ2n) is 11.1. The van der Waals surface area contributed by atoms with Gasteiger partial charge in [0.25, 0.3) is 11.8 Å². The van der Waals surface area contributed by atoms with Gasteiger partial charge in [0, 0.05) is 27.1 Å². The molecule has 0 bridgehead atoms. The van der Waals surface area contributed by atoms with Crippen LogP contribution in [0.4, 0.5) is 15.2 Å². The number of carbonyl (C=O) groups excluding carboxylic acids is 3. The second-order valence-corrected chi connectivity index (χ2v) is 13.1. The number of carbonyl (C=O) groups is 3. The first-order valence-corrected chi connectivity index (χ1v) is 17.5. The highest BCUT2D eigenvalue weighted by atomic mass is 32.2. The molecule has 6 aromatic rings. The average Bonchev–Trinajstić information content (AvgIpc) is 3.64. The van der Waals surface area contributed by atoms with Gasteiger partial charge < -0.3 is 20.7 Å². The largest absolute Gasteiger partial charge is 0.497 e. The van der Waals surface area contributed by atoms with Crippen LogP contribution < -0.4 is 20.7 Å². The van der Waals surface area contributed by atoms with E-state index in [2.05, 4.69) is 20.9 Å². The zero-order chi connectivity index (χ0) is 35.6. The number of nitrogens with zero attached hydrogens (tertiary/aromatic N) is 1. The van der Waals surface area contributed by atoms with Gasteiger partial charge in [0.05, 0.1) is 12.8 Å². The Morgan fingerprint density at radius 3 is 2.24 bits per heavy atom. The number of hydrogen-bond acceptors (Lipinski definition) is 7. The van der Waals surface area contributed by atoms with Crippen molar-refractivity contribution in [1.82, 2.24) is 10.3 Å². The number of thiazole rings is 1. The van der Waals surface area contributed by atoms with Crippen LogP contribution in [0.2, 0.25) is 0 Å². The molecule has 3 amide bonds. The molecular weight excluding hydrogens is 684 g/mol. The third kappa shape index (κ3) is 9.35. The number of thioether (sulfide) groups is 1. The average molecular weight is 715 g/mol. The number of rotatable bonds is 12. The molecule has 5 aromatic carbocycles. The molecule has 1 aromatic heterocycles. The highest BCUT2D eigenvalue weighted by Crippen LogP contribution is 2.37. The molecule has 6 rings (SSSR count). The maximum atomic E-state index is 13.7. The number of anilines is 2. The summed E-state index contributed by atoms with van der Waals surface area (Å²) in [6, 6.07) is 38.1. The molecule has 0 aliphatic rings. The molecule has 0 saturated heterocycles. The van der Waals surface area contributed by atoms with Gasteiger partial charge in [-0.3, -0.25) is 14.4 Å². The van der Waals surface area contributed by atoms with Crippen molar-refractivity contribution in [3.8, 4) is 17.0 Å². The third-order valence-corrected chi connectivity index (χ3v) is 9.54. The van der Waals surface area contributed by atoms with Crippen LogP contribution in [0.5, 0.6) is 5.75 Å². The molecule has 1 unspecified atom stereocenters. The summed E-state index contributed by atoms with van der Waals surface area (Å²) in [5.41, 5.74) is 3.77. The molecular formula is C40H31FN4O4S2. The van der Waals surface area contributed by atoms with Gasteiger partial charge in [0.1, 0.15) is 22.5 Å². The Hall–Kier alpha value is -6.04. The van der Waals surface area contributed by atoms with Crippen LogP contribution in [0.15, 0.2) is 149 Å². The van der Waals surface area contributed by atoms with Crippen molar-refractivity contribution in [2.75, 3.05) is 17.7 Å². The molecule has 0 spiro atoms.